The van der Waals surface area contributed by atoms with Crippen molar-refractivity contribution in [3.05, 3.63) is 46.4 Å². The molecule has 8 nitrogen and oxygen atoms in total. The molecule has 0 saturated carbocycles. The molecule has 0 aliphatic carbocycles. The van der Waals surface area contributed by atoms with E-state index in [2.05, 4.69) is 15.5 Å². The second kappa shape index (κ2) is 7.69. The van der Waals surface area contributed by atoms with E-state index in [9.17, 15) is 9.59 Å². The quantitative estimate of drug-likeness (QED) is 0.681. The van der Waals surface area contributed by atoms with E-state index in [1.165, 1.54) is 11.3 Å². The average Bonchev–Trinajstić information content (AvgIpc) is 3.30. The van der Waals surface area contributed by atoms with E-state index in [1.54, 1.807) is 25.4 Å². The predicted molar refractivity (Wildman–Crippen MR) is 106 cm³/mol. The molecule has 0 saturated heterocycles. The molecule has 0 bridgehead atoms. The first kappa shape index (κ1) is 18.6. The molecule has 4 rings (SSSR count). The number of amides is 2. The molecule has 2 amide bonds. The lowest BCUT2D eigenvalue weighted by atomic mass is 10.0. The van der Waals surface area contributed by atoms with Gasteiger partial charge in [0, 0.05) is 37.5 Å². The van der Waals surface area contributed by atoms with Gasteiger partial charge in [0.2, 0.25) is 0 Å². The second-order valence-corrected chi connectivity index (χ2v) is 7.77. The van der Waals surface area contributed by atoms with Crippen molar-refractivity contribution in [2.75, 3.05) is 27.3 Å². The highest BCUT2D eigenvalue weighted by atomic mass is 32.1. The minimum Gasteiger partial charge on any atom is -0.383 e. The van der Waals surface area contributed by atoms with Crippen LogP contribution in [0.25, 0.3) is 10.1 Å². The molecule has 2 aromatic heterocycles. The molecule has 0 spiro atoms. The SMILES string of the molecule is COCCn1cnnc1CN(C)C(=O)c1ccc2sc3c(c2c1)CCNC3=O. The Bertz CT molecular complexity index is 1040. The van der Waals surface area contributed by atoms with Gasteiger partial charge in [-0.05, 0) is 35.6 Å². The summed E-state index contributed by atoms with van der Waals surface area (Å²) in [6.45, 7) is 2.17. The van der Waals surface area contributed by atoms with Crippen molar-refractivity contribution in [2.24, 2.45) is 0 Å². The summed E-state index contributed by atoms with van der Waals surface area (Å²) in [6.07, 6.45) is 2.43. The fourth-order valence-electron chi connectivity index (χ4n) is 3.38. The largest absolute Gasteiger partial charge is 0.383 e. The van der Waals surface area contributed by atoms with E-state index in [4.69, 9.17) is 4.74 Å². The zero-order valence-corrected chi connectivity index (χ0v) is 16.6. The third-order valence-corrected chi connectivity index (χ3v) is 6.07. The van der Waals surface area contributed by atoms with E-state index in [0.29, 0.717) is 37.6 Å². The number of ether oxygens (including phenoxy) is 1. The van der Waals surface area contributed by atoms with Gasteiger partial charge in [-0.25, -0.2) is 0 Å². The van der Waals surface area contributed by atoms with Gasteiger partial charge in [0.05, 0.1) is 18.0 Å². The lowest BCUT2D eigenvalue weighted by molar-refractivity contribution is 0.0779. The normalized spacial score (nSPS) is 13.4. The van der Waals surface area contributed by atoms with Gasteiger partial charge < -0.3 is 19.5 Å². The van der Waals surface area contributed by atoms with Crippen LogP contribution in [0.15, 0.2) is 24.5 Å². The summed E-state index contributed by atoms with van der Waals surface area (Å²) in [5.74, 6) is 0.588. The van der Waals surface area contributed by atoms with E-state index >= 15 is 0 Å². The average molecular weight is 399 g/mol. The number of nitrogens with one attached hydrogen (secondary N) is 1. The van der Waals surface area contributed by atoms with Crippen molar-refractivity contribution >= 4 is 33.2 Å². The molecule has 28 heavy (non-hydrogen) atoms. The molecule has 0 unspecified atom stereocenters. The fourth-order valence-corrected chi connectivity index (χ4v) is 4.52. The third-order valence-electron chi connectivity index (χ3n) is 4.86. The number of benzene rings is 1. The van der Waals surface area contributed by atoms with Gasteiger partial charge in [-0.2, -0.15) is 0 Å². The number of thiophene rings is 1. The zero-order valence-electron chi connectivity index (χ0n) is 15.8. The molecule has 0 atom stereocenters. The van der Waals surface area contributed by atoms with Crippen LogP contribution in [0.5, 0.6) is 0 Å². The van der Waals surface area contributed by atoms with Crippen LogP contribution in [0.2, 0.25) is 0 Å². The first-order valence-corrected chi connectivity index (χ1v) is 9.85. The second-order valence-electron chi connectivity index (χ2n) is 6.72. The number of hydrogen-bond donors (Lipinski definition) is 1. The summed E-state index contributed by atoms with van der Waals surface area (Å²) in [4.78, 5) is 27.4. The number of hydrogen-bond acceptors (Lipinski definition) is 6. The highest BCUT2D eigenvalue weighted by Crippen LogP contribution is 2.34. The van der Waals surface area contributed by atoms with Crippen LogP contribution < -0.4 is 5.32 Å². The molecule has 3 aromatic rings. The molecule has 1 N–H and O–H groups in total. The summed E-state index contributed by atoms with van der Waals surface area (Å²) in [5, 5.41) is 11.9. The monoisotopic (exact) mass is 399 g/mol. The molecule has 1 aliphatic rings. The fraction of sp³-hybridized carbons (Fsp3) is 0.368. The van der Waals surface area contributed by atoms with Gasteiger partial charge in [0.25, 0.3) is 11.8 Å². The summed E-state index contributed by atoms with van der Waals surface area (Å²) in [5.41, 5.74) is 1.64. The minimum atomic E-state index is -0.0941. The van der Waals surface area contributed by atoms with Gasteiger partial charge in [-0.3, -0.25) is 9.59 Å². The van der Waals surface area contributed by atoms with Crippen LogP contribution in [-0.4, -0.2) is 58.8 Å². The van der Waals surface area contributed by atoms with Crippen molar-refractivity contribution < 1.29 is 14.3 Å². The van der Waals surface area contributed by atoms with E-state index in [-0.39, 0.29) is 11.8 Å². The summed E-state index contributed by atoms with van der Waals surface area (Å²) in [7, 11) is 3.39. The van der Waals surface area contributed by atoms with Crippen LogP contribution in [0.1, 0.15) is 31.4 Å². The van der Waals surface area contributed by atoms with Crippen LogP contribution in [-0.2, 0) is 24.2 Å². The van der Waals surface area contributed by atoms with Crippen LogP contribution in [0.3, 0.4) is 0 Å². The molecule has 1 aromatic carbocycles. The summed E-state index contributed by atoms with van der Waals surface area (Å²) in [6, 6.07) is 5.64. The number of nitrogens with zero attached hydrogens (tertiary/aromatic N) is 4. The maximum Gasteiger partial charge on any atom is 0.261 e. The molecule has 3 heterocycles. The maximum atomic E-state index is 13.0. The molecular formula is C19H21N5O3S. The van der Waals surface area contributed by atoms with E-state index in [0.717, 1.165) is 26.9 Å². The Hall–Kier alpha value is -2.78. The van der Waals surface area contributed by atoms with Gasteiger partial charge in [-0.15, -0.1) is 21.5 Å². The van der Waals surface area contributed by atoms with Crippen molar-refractivity contribution in [1.82, 2.24) is 25.0 Å². The molecule has 146 valence electrons. The lowest BCUT2D eigenvalue weighted by Crippen LogP contribution is -2.30. The Morgan fingerprint density at radius 1 is 1.43 bits per heavy atom. The van der Waals surface area contributed by atoms with Crippen LogP contribution in [0.4, 0.5) is 0 Å². The number of methoxy groups -OCH3 is 1. The van der Waals surface area contributed by atoms with Crippen molar-refractivity contribution in [3.63, 3.8) is 0 Å². The topological polar surface area (TPSA) is 89.3 Å². The van der Waals surface area contributed by atoms with Gasteiger partial charge in [0.15, 0.2) is 5.82 Å². The molecule has 0 fully saturated rings. The zero-order chi connectivity index (χ0) is 19.7. The number of rotatable bonds is 6. The van der Waals surface area contributed by atoms with Crippen molar-refractivity contribution in [1.29, 1.82) is 0 Å². The Morgan fingerprint density at radius 2 is 2.29 bits per heavy atom. The summed E-state index contributed by atoms with van der Waals surface area (Å²) < 4.78 is 8.00. The number of carbonyl (C=O) groups excluding carboxylic acids is 2. The first-order chi connectivity index (χ1) is 13.6. The molecule has 0 radical (unpaired) electrons. The minimum absolute atomic E-state index is 0.0251. The van der Waals surface area contributed by atoms with E-state index in [1.807, 2.05) is 22.8 Å². The Balaban J connectivity index is 1.57. The number of carbonyl (C=O) groups is 2. The maximum absolute atomic E-state index is 13.0. The summed E-state index contributed by atoms with van der Waals surface area (Å²) >= 11 is 1.48. The van der Waals surface area contributed by atoms with Crippen molar-refractivity contribution in [3.8, 4) is 0 Å². The van der Waals surface area contributed by atoms with Crippen LogP contribution in [0, 0.1) is 0 Å². The van der Waals surface area contributed by atoms with Gasteiger partial charge in [-0.1, -0.05) is 0 Å². The van der Waals surface area contributed by atoms with Crippen molar-refractivity contribution in [2.45, 2.75) is 19.5 Å². The number of fused-ring (bicyclic) bond motifs is 3. The van der Waals surface area contributed by atoms with Gasteiger partial charge >= 0.3 is 0 Å². The smallest absolute Gasteiger partial charge is 0.261 e. The van der Waals surface area contributed by atoms with E-state index < -0.39 is 0 Å². The standard InChI is InChI=1S/C19H21N5O3S/c1-23(10-16-22-21-11-24(16)7-8-27-2)19(26)12-3-4-15-14(9-12)13-5-6-20-18(25)17(13)28-15/h3-4,9,11H,5-8,10H2,1-2H3,(H,20,25). The Kier molecular flexibility index (Phi) is 5.10. The highest BCUT2D eigenvalue weighted by Gasteiger charge is 2.23. The molecule has 9 heteroatoms. The first-order valence-electron chi connectivity index (χ1n) is 9.03. The lowest BCUT2D eigenvalue weighted by Gasteiger charge is -2.17. The predicted octanol–water partition coefficient (Wildman–Crippen LogP) is 1.70. The Morgan fingerprint density at radius 3 is 3.11 bits per heavy atom. The number of aromatic nitrogens is 3. The third kappa shape index (κ3) is 3.38. The Labute approximate surface area is 166 Å². The molecule has 1 aliphatic heterocycles. The van der Waals surface area contributed by atoms with Gasteiger partial charge in [0.1, 0.15) is 6.33 Å². The van der Waals surface area contributed by atoms with Crippen LogP contribution >= 0.6 is 11.3 Å². The molecular weight excluding hydrogens is 378 g/mol. The highest BCUT2D eigenvalue weighted by molar-refractivity contribution is 7.21.